The fourth-order valence-corrected chi connectivity index (χ4v) is 1.83. The van der Waals surface area contributed by atoms with Crippen molar-refractivity contribution in [3.63, 3.8) is 0 Å². The van der Waals surface area contributed by atoms with Gasteiger partial charge in [-0.05, 0) is 54.8 Å². The van der Waals surface area contributed by atoms with E-state index < -0.39 is 0 Å². The van der Waals surface area contributed by atoms with Crippen molar-refractivity contribution in [3.8, 4) is 5.75 Å². The number of phenols is 1. The van der Waals surface area contributed by atoms with Gasteiger partial charge < -0.3 is 10.4 Å². The molecule has 0 unspecified atom stereocenters. The lowest BCUT2D eigenvalue weighted by Crippen LogP contribution is -2.11. The van der Waals surface area contributed by atoms with E-state index in [1.54, 1.807) is 25.1 Å². The molecule has 0 aromatic heterocycles. The number of carbonyl (C=O) groups excluding carboxylic acids is 1. The Balaban J connectivity index is 2.13. The van der Waals surface area contributed by atoms with E-state index in [0.717, 1.165) is 12.0 Å². The summed E-state index contributed by atoms with van der Waals surface area (Å²) in [5.41, 5.74) is 3.25. The molecule has 0 spiro atoms. The Bertz CT molecular complexity index is 588. The Labute approximate surface area is 112 Å². The van der Waals surface area contributed by atoms with Crippen LogP contribution in [0.2, 0.25) is 0 Å². The summed E-state index contributed by atoms with van der Waals surface area (Å²) >= 11 is 0. The van der Waals surface area contributed by atoms with Gasteiger partial charge in [0.15, 0.2) is 0 Å². The van der Waals surface area contributed by atoms with Gasteiger partial charge in [0.05, 0.1) is 0 Å². The number of hydrogen-bond donors (Lipinski definition) is 2. The maximum atomic E-state index is 12.0. The second-order valence-corrected chi connectivity index (χ2v) is 4.51. The van der Waals surface area contributed by atoms with E-state index in [9.17, 15) is 9.90 Å². The van der Waals surface area contributed by atoms with Gasteiger partial charge in [-0.1, -0.05) is 19.1 Å². The van der Waals surface area contributed by atoms with Crippen molar-refractivity contribution >= 4 is 11.6 Å². The molecule has 3 heteroatoms. The fourth-order valence-electron chi connectivity index (χ4n) is 1.83. The quantitative estimate of drug-likeness (QED) is 0.824. The number of anilines is 1. The molecule has 2 N–H and O–H groups in total. The van der Waals surface area contributed by atoms with Gasteiger partial charge in [-0.25, -0.2) is 0 Å². The predicted molar refractivity (Wildman–Crippen MR) is 76.6 cm³/mol. The molecular weight excluding hydrogens is 238 g/mol. The van der Waals surface area contributed by atoms with Crippen molar-refractivity contribution in [2.45, 2.75) is 20.3 Å². The van der Waals surface area contributed by atoms with Crippen molar-refractivity contribution in [2.24, 2.45) is 0 Å². The van der Waals surface area contributed by atoms with Crippen LogP contribution in [0.15, 0.2) is 42.5 Å². The number of rotatable bonds is 3. The number of amides is 1. The van der Waals surface area contributed by atoms with Crippen molar-refractivity contribution in [2.75, 3.05) is 5.32 Å². The Morgan fingerprint density at radius 3 is 2.42 bits per heavy atom. The van der Waals surface area contributed by atoms with Crippen LogP contribution >= 0.6 is 0 Å². The third-order valence-electron chi connectivity index (χ3n) is 3.08. The molecule has 0 heterocycles. The third kappa shape index (κ3) is 3.13. The first-order valence-corrected chi connectivity index (χ1v) is 6.30. The summed E-state index contributed by atoms with van der Waals surface area (Å²) in [7, 11) is 0. The standard InChI is InChI=1S/C16H17NO2/c1-3-12-4-6-13(7-5-12)16(19)17-14-8-9-15(18)11(2)10-14/h4-10,18H,3H2,1-2H3,(H,17,19). The highest BCUT2D eigenvalue weighted by molar-refractivity contribution is 6.04. The minimum absolute atomic E-state index is 0.146. The van der Waals surface area contributed by atoms with Crippen LogP contribution in [0, 0.1) is 6.92 Å². The maximum Gasteiger partial charge on any atom is 0.255 e. The number of benzene rings is 2. The van der Waals surface area contributed by atoms with E-state index in [2.05, 4.69) is 12.2 Å². The summed E-state index contributed by atoms with van der Waals surface area (Å²) in [6.45, 7) is 3.87. The molecule has 0 aliphatic heterocycles. The van der Waals surface area contributed by atoms with Crippen LogP contribution in [0.4, 0.5) is 5.69 Å². The van der Waals surface area contributed by atoms with Crippen LogP contribution in [0.1, 0.15) is 28.4 Å². The first kappa shape index (κ1) is 13.1. The van der Waals surface area contributed by atoms with Crippen LogP contribution in [0.3, 0.4) is 0 Å². The SMILES string of the molecule is CCc1ccc(C(=O)Nc2ccc(O)c(C)c2)cc1. The molecule has 2 aromatic rings. The molecule has 0 saturated carbocycles. The highest BCUT2D eigenvalue weighted by atomic mass is 16.3. The van der Waals surface area contributed by atoms with Crippen LogP contribution in [-0.2, 0) is 6.42 Å². The molecule has 2 rings (SSSR count). The van der Waals surface area contributed by atoms with E-state index in [1.807, 2.05) is 24.3 Å². The third-order valence-corrected chi connectivity index (χ3v) is 3.08. The molecule has 0 aliphatic carbocycles. The zero-order chi connectivity index (χ0) is 13.8. The maximum absolute atomic E-state index is 12.0. The van der Waals surface area contributed by atoms with Gasteiger partial charge in [-0.15, -0.1) is 0 Å². The average Bonchev–Trinajstić information content (AvgIpc) is 2.43. The van der Waals surface area contributed by atoms with Gasteiger partial charge in [0, 0.05) is 11.3 Å². The second-order valence-electron chi connectivity index (χ2n) is 4.51. The molecule has 0 radical (unpaired) electrons. The van der Waals surface area contributed by atoms with E-state index in [0.29, 0.717) is 11.3 Å². The monoisotopic (exact) mass is 255 g/mol. The van der Waals surface area contributed by atoms with Gasteiger partial charge >= 0.3 is 0 Å². The Morgan fingerprint density at radius 2 is 1.84 bits per heavy atom. The summed E-state index contributed by atoms with van der Waals surface area (Å²) < 4.78 is 0. The van der Waals surface area contributed by atoms with E-state index in [4.69, 9.17) is 0 Å². The number of hydrogen-bond acceptors (Lipinski definition) is 2. The summed E-state index contributed by atoms with van der Waals surface area (Å²) in [4.78, 5) is 12.0. The Hall–Kier alpha value is -2.29. The van der Waals surface area contributed by atoms with Crippen molar-refractivity contribution < 1.29 is 9.90 Å². The van der Waals surface area contributed by atoms with Crippen LogP contribution in [-0.4, -0.2) is 11.0 Å². The van der Waals surface area contributed by atoms with Crippen molar-refractivity contribution in [3.05, 3.63) is 59.2 Å². The highest BCUT2D eigenvalue weighted by Gasteiger charge is 2.06. The van der Waals surface area contributed by atoms with E-state index in [1.165, 1.54) is 5.56 Å². The van der Waals surface area contributed by atoms with Crippen LogP contribution in [0.5, 0.6) is 5.75 Å². The smallest absolute Gasteiger partial charge is 0.255 e. The first-order valence-electron chi connectivity index (χ1n) is 6.30. The normalized spacial score (nSPS) is 10.2. The second kappa shape index (κ2) is 5.57. The molecule has 0 bridgehead atoms. The molecular formula is C16H17NO2. The summed E-state index contributed by atoms with van der Waals surface area (Å²) in [6, 6.07) is 12.6. The van der Waals surface area contributed by atoms with E-state index in [-0.39, 0.29) is 11.7 Å². The minimum atomic E-state index is -0.146. The molecule has 0 atom stereocenters. The van der Waals surface area contributed by atoms with Crippen molar-refractivity contribution in [1.82, 2.24) is 0 Å². The largest absolute Gasteiger partial charge is 0.508 e. The number of nitrogens with one attached hydrogen (secondary N) is 1. The van der Waals surface area contributed by atoms with Gasteiger partial charge in [-0.3, -0.25) is 4.79 Å². The fraction of sp³-hybridized carbons (Fsp3) is 0.188. The average molecular weight is 255 g/mol. The molecule has 98 valence electrons. The highest BCUT2D eigenvalue weighted by Crippen LogP contribution is 2.20. The number of phenolic OH excluding ortho intramolecular Hbond substituents is 1. The van der Waals surface area contributed by atoms with E-state index >= 15 is 0 Å². The van der Waals surface area contributed by atoms with Gasteiger partial charge in [0.1, 0.15) is 5.75 Å². The van der Waals surface area contributed by atoms with Gasteiger partial charge in [0.2, 0.25) is 0 Å². The Morgan fingerprint density at radius 1 is 1.16 bits per heavy atom. The molecule has 3 nitrogen and oxygen atoms in total. The van der Waals surface area contributed by atoms with Gasteiger partial charge in [0.25, 0.3) is 5.91 Å². The summed E-state index contributed by atoms with van der Waals surface area (Å²) in [5.74, 6) is 0.0815. The summed E-state index contributed by atoms with van der Waals surface area (Å²) in [5, 5.41) is 12.3. The number of aromatic hydroxyl groups is 1. The molecule has 0 saturated heterocycles. The lowest BCUT2D eigenvalue weighted by Gasteiger charge is -2.07. The van der Waals surface area contributed by atoms with Crippen LogP contribution < -0.4 is 5.32 Å². The lowest BCUT2D eigenvalue weighted by molar-refractivity contribution is 0.102. The lowest BCUT2D eigenvalue weighted by atomic mass is 10.1. The summed E-state index contributed by atoms with van der Waals surface area (Å²) in [6.07, 6.45) is 0.957. The molecule has 0 aliphatic rings. The number of carbonyl (C=O) groups is 1. The minimum Gasteiger partial charge on any atom is -0.508 e. The zero-order valence-electron chi connectivity index (χ0n) is 11.1. The molecule has 19 heavy (non-hydrogen) atoms. The molecule has 1 amide bonds. The van der Waals surface area contributed by atoms with Gasteiger partial charge in [-0.2, -0.15) is 0 Å². The first-order chi connectivity index (χ1) is 9.10. The van der Waals surface area contributed by atoms with Crippen molar-refractivity contribution in [1.29, 1.82) is 0 Å². The predicted octanol–water partition coefficient (Wildman–Crippen LogP) is 3.52. The zero-order valence-corrected chi connectivity index (χ0v) is 11.1. The Kier molecular flexibility index (Phi) is 3.85. The molecule has 2 aromatic carbocycles. The van der Waals surface area contributed by atoms with Crippen LogP contribution in [0.25, 0.3) is 0 Å². The topological polar surface area (TPSA) is 49.3 Å². The number of aryl methyl sites for hydroxylation is 2. The molecule has 0 fully saturated rings.